The lowest BCUT2D eigenvalue weighted by molar-refractivity contribution is -0.119. The van der Waals surface area contributed by atoms with Crippen LogP contribution in [0.5, 0.6) is 0 Å². The highest BCUT2D eigenvalue weighted by atomic mass is 16.5. The number of hydrogen-bond donors (Lipinski definition) is 2. The molecule has 2 saturated heterocycles. The summed E-state index contributed by atoms with van der Waals surface area (Å²) in [7, 11) is 1.47. The minimum Gasteiger partial charge on any atom is -0.375 e. The minimum atomic E-state index is -0.223. The van der Waals surface area contributed by atoms with Crippen LogP contribution in [0.2, 0.25) is 0 Å². The summed E-state index contributed by atoms with van der Waals surface area (Å²) < 4.78 is 4.80. The van der Waals surface area contributed by atoms with Crippen LogP contribution in [-0.2, 0) is 9.53 Å². The Morgan fingerprint density at radius 2 is 1.96 bits per heavy atom. The van der Waals surface area contributed by atoms with Crippen molar-refractivity contribution in [2.75, 3.05) is 50.5 Å². The predicted octanol–water partition coefficient (Wildman–Crippen LogP) is 1.97. The second-order valence-corrected chi connectivity index (χ2v) is 6.62. The highest BCUT2D eigenvalue weighted by Gasteiger charge is 2.30. The minimum absolute atomic E-state index is 0.00224. The van der Waals surface area contributed by atoms with E-state index in [-0.39, 0.29) is 18.5 Å². The smallest absolute Gasteiger partial charge is 0.321 e. The number of benzene rings is 1. The number of nitrogens with zero attached hydrogens (tertiary/aromatic N) is 2. The monoisotopic (exact) mass is 346 g/mol. The van der Waals surface area contributed by atoms with Gasteiger partial charge in [-0.15, -0.1) is 0 Å². The van der Waals surface area contributed by atoms with Crippen LogP contribution in [0.15, 0.2) is 24.3 Å². The van der Waals surface area contributed by atoms with Gasteiger partial charge < -0.3 is 20.3 Å². The second kappa shape index (κ2) is 8.31. The summed E-state index contributed by atoms with van der Waals surface area (Å²) in [6, 6.07) is 7.57. The molecule has 1 aromatic rings. The quantitative estimate of drug-likeness (QED) is 0.874. The zero-order valence-corrected chi connectivity index (χ0v) is 14.7. The average Bonchev–Trinajstić information content (AvgIpc) is 2.61. The molecule has 2 fully saturated rings. The Kier molecular flexibility index (Phi) is 5.88. The van der Waals surface area contributed by atoms with Crippen LogP contribution < -0.4 is 10.6 Å². The SMILES string of the molecule is COCC(=O)Nc1cccc(NC(=O)N2CCN3CCCC[C@@H]3C2)c1. The largest absolute Gasteiger partial charge is 0.375 e. The Morgan fingerprint density at radius 1 is 1.16 bits per heavy atom. The molecule has 0 aromatic heterocycles. The van der Waals surface area contributed by atoms with E-state index in [4.69, 9.17) is 4.74 Å². The number of carbonyl (C=O) groups is 2. The Labute approximate surface area is 148 Å². The molecule has 0 unspecified atom stereocenters. The van der Waals surface area contributed by atoms with E-state index >= 15 is 0 Å². The molecule has 2 heterocycles. The Balaban J connectivity index is 1.56. The van der Waals surface area contributed by atoms with E-state index in [2.05, 4.69) is 15.5 Å². The molecule has 1 aromatic carbocycles. The zero-order chi connectivity index (χ0) is 17.6. The van der Waals surface area contributed by atoms with Crippen LogP contribution in [0, 0.1) is 0 Å². The first kappa shape index (κ1) is 17.7. The van der Waals surface area contributed by atoms with Crippen molar-refractivity contribution in [3.63, 3.8) is 0 Å². The Bertz CT molecular complexity index is 622. The molecule has 0 aliphatic carbocycles. The molecule has 1 atom stereocenters. The van der Waals surface area contributed by atoms with Crippen LogP contribution in [0.1, 0.15) is 19.3 Å². The molecule has 0 spiro atoms. The maximum atomic E-state index is 12.6. The van der Waals surface area contributed by atoms with Gasteiger partial charge in [0, 0.05) is 44.2 Å². The molecule has 7 nitrogen and oxygen atoms in total. The topological polar surface area (TPSA) is 73.9 Å². The molecule has 3 rings (SSSR count). The van der Waals surface area contributed by atoms with Gasteiger partial charge in [-0.2, -0.15) is 0 Å². The zero-order valence-electron chi connectivity index (χ0n) is 14.7. The van der Waals surface area contributed by atoms with Crippen molar-refractivity contribution in [3.8, 4) is 0 Å². The van der Waals surface area contributed by atoms with Gasteiger partial charge in [0.1, 0.15) is 6.61 Å². The first-order valence-electron chi connectivity index (χ1n) is 8.84. The van der Waals surface area contributed by atoms with Crippen molar-refractivity contribution in [2.45, 2.75) is 25.3 Å². The summed E-state index contributed by atoms with van der Waals surface area (Å²) in [5.74, 6) is -0.223. The van der Waals surface area contributed by atoms with E-state index in [1.165, 1.54) is 26.4 Å². The summed E-state index contributed by atoms with van der Waals surface area (Å²) in [5.41, 5.74) is 1.31. The number of amides is 3. The van der Waals surface area contributed by atoms with Crippen LogP contribution in [0.4, 0.5) is 16.2 Å². The Hall–Kier alpha value is -2.12. The fraction of sp³-hybridized carbons (Fsp3) is 0.556. The number of rotatable bonds is 4. The van der Waals surface area contributed by atoms with Gasteiger partial charge in [-0.05, 0) is 37.6 Å². The molecule has 2 aliphatic heterocycles. The summed E-state index contributed by atoms with van der Waals surface area (Å²) in [6.07, 6.45) is 3.69. The van der Waals surface area contributed by atoms with Crippen LogP contribution in [-0.4, -0.2) is 67.7 Å². The highest BCUT2D eigenvalue weighted by Crippen LogP contribution is 2.22. The number of hydrogen-bond acceptors (Lipinski definition) is 4. The number of piperazine rings is 1. The fourth-order valence-corrected chi connectivity index (χ4v) is 3.55. The van der Waals surface area contributed by atoms with Crippen LogP contribution in [0.25, 0.3) is 0 Å². The van der Waals surface area contributed by atoms with Gasteiger partial charge in [-0.3, -0.25) is 9.69 Å². The van der Waals surface area contributed by atoms with Gasteiger partial charge in [0.15, 0.2) is 0 Å². The number of urea groups is 1. The Morgan fingerprint density at radius 3 is 2.76 bits per heavy atom. The molecule has 0 radical (unpaired) electrons. The van der Waals surface area contributed by atoms with Crippen molar-refractivity contribution >= 4 is 23.3 Å². The molecule has 2 N–H and O–H groups in total. The summed E-state index contributed by atoms with van der Waals surface area (Å²) in [6.45, 7) is 3.65. The van der Waals surface area contributed by atoms with Gasteiger partial charge in [0.05, 0.1) is 0 Å². The normalized spacial score (nSPS) is 20.7. The van der Waals surface area contributed by atoms with Crippen molar-refractivity contribution in [1.82, 2.24) is 9.80 Å². The average molecular weight is 346 g/mol. The second-order valence-electron chi connectivity index (χ2n) is 6.62. The number of methoxy groups -OCH3 is 1. The summed E-state index contributed by atoms with van der Waals surface area (Å²) >= 11 is 0. The van der Waals surface area contributed by atoms with Crippen LogP contribution in [0.3, 0.4) is 0 Å². The van der Waals surface area contributed by atoms with E-state index in [0.29, 0.717) is 17.4 Å². The number of ether oxygens (including phenoxy) is 1. The molecule has 2 aliphatic rings. The highest BCUT2D eigenvalue weighted by molar-refractivity contribution is 5.94. The lowest BCUT2D eigenvalue weighted by Gasteiger charge is -2.43. The van der Waals surface area contributed by atoms with Gasteiger partial charge in [0.2, 0.25) is 5.91 Å². The fourth-order valence-electron chi connectivity index (χ4n) is 3.55. The molecule has 3 amide bonds. The standard InChI is InChI=1S/C18H26N4O3/c1-25-13-17(23)19-14-5-4-6-15(11-14)20-18(24)22-10-9-21-8-3-2-7-16(21)12-22/h4-6,11,16H,2-3,7-10,12-13H2,1H3,(H,19,23)(H,20,24)/t16-/m1/s1. The molecule has 136 valence electrons. The summed E-state index contributed by atoms with van der Waals surface area (Å²) in [5, 5.41) is 5.68. The van der Waals surface area contributed by atoms with Crippen molar-refractivity contribution in [3.05, 3.63) is 24.3 Å². The number of piperidine rings is 1. The third-order valence-corrected chi connectivity index (χ3v) is 4.80. The van der Waals surface area contributed by atoms with E-state index in [9.17, 15) is 9.59 Å². The lowest BCUT2D eigenvalue weighted by Crippen LogP contribution is -2.56. The van der Waals surface area contributed by atoms with Crippen molar-refractivity contribution in [2.24, 2.45) is 0 Å². The number of nitrogens with one attached hydrogen (secondary N) is 2. The summed E-state index contributed by atoms with van der Waals surface area (Å²) in [4.78, 5) is 28.5. The van der Waals surface area contributed by atoms with Gasteiger partial charge in [0.25, 0.3) is 0 Å². The van der Waals surface area contributed by atoms with E-state index in [1.807, 2.05) is 11.0 Å². The molecule has 0 saturated carbocycles. The first-order chi connectivity index (χ1) is 12.2. The third kappa shape index (κ3) is 4.70. The molecular formula is C18H26N4O3. The first-order valence-corrected chi connectivity index (χ1v) is 8.84. The van der Waals surface area contributed by atoms with Gasteiger partial charge >= 0.3 is 6.03 Å². The van der Waals surface area contributed by atoms with E-state index in [1.54, 1.807) is 18.2 Å². The number of carbonyl (C=O) groups excluding carboxylic acids is 2. The maximum absolute atomic E-state index is 12.6. The van der Waals surface area contributed by atoms with E-state index in [0.717, 1.165) is 26.2 Å². The predicted molar refractivity (Wildman–Crippen MR) is 96.8 cm³/mol. The van der Waals surface area contributed by atoms with Gasteiger partial charge in [-0.1, -0.05) is 12.5 Å². The molecule has 7 heteroatoms. The van der Waals surface area contributed by atoms with Crippen molar-refractivity contribution in [1.29, 1.82) is 0 Å². The molecule has 0 bridgehead atoms. The van der Waals surface area contributed by atoms with Crippen LogP contribution >= 0.6 is 0 Å². The number of anilines is 2. The molecular weight excluding hydrogens is 320 g/mol. The lowest BCUT2D eigenvalue weighted by atomic mass is 10.00. The number of fused-ring (bicyclic) bond motifs is 1. The van der Waals surface area contributed by atoms with Gasteiger partial charge in [-0.25, -0.2) is 4.79 Å². The van der Waals surface area contributed by atoms with E-state index < -0.39 is 0 Å². The van der Waals surface area contributed by atoms with Crippen molar-refractivity contribution < 1.29 is 14.3 Å². The maximum Gasteiger partial charge on any atom is 0.321 e. The third-order valence-electron chi connectivity index (χ3n) is 4.80. The molecule has 25 heavy (non-hydrogen) atoms.